The lowest BCUT2D eigenvalue weighted by Crippen LogP contribution is -2.40. The fraction of sp³-hybridized carbons (Fsp3) is 0.389. The number of halogens is 1. The van der Waals surface area contributed by atoms with Crippen LogP contribution in [0.3, 0.4) is 0 Å². The van der Waals surface area contributed by atoms with E-state index in [1.165, 1.54) is 6.07 Å². The molecule has 0 spiro atoms. The van der Waals surface area contributed by atoms with E-state index in [0.29, 0.717) is 0 Å². The molecule has 0 unspecified atom stereocenters. The van der Waals surface area contributed by atoms with Crippen LogP contribution in [0.4, 0.5) is 14.9 Å². The highest BCUT2D eigenvalue weighted by atomic mass is 19.1. The number of hydrogen-bond acceptors (Lipinski definition) is 8. The van der Waals surface area contributed by atoms with E-state index < -0.39 is 41.1 Å². The van der Waals surface area contributed by atoms with Crippen LogP contribution in [0.25, 0.3) is 0 Å². The predicted molar refractivity (Wildman–Crippen MR) is 98.5 cm³/mol. The normalized spacial score (nSPS) is 12.2. The van der Waals surface area contributed by atoms with E-state index in [0.717, 1.165) is 12.1 Å². The molecular formula is C18H22FN3O7. The lowest BCUT2D eigenvalue weighted by Gasteiger charge is -2.21. The summed E-state index contributed by atoms with van der Waals surface area (Å²) in [7, 11) is 0. The van der Waals surface area contributed by atoms with E-state index in [1.807, 2.05) is 0 Å². The van der Waals surface area contributed by atoms with Gasteiger partial charge in [-0.2, -0.15) is 4.39 Å². The van der Waals surface area contributed by atoms with Gasteiger partial charge in [-0.05, 0) is 45.0 Å². The Morgan fingerprint density at radius 1 is 1.31 bits per heavy atom. The maximum atomic E-state index is 14.3. The first kappa shape index (κ1) is 21.8. The van der Waals surface area contributed by atoms with Gasteiger partial charge in [0.25, 0.3) is 17.5 Å². The van der Waals surface area contributed by atoms with Crippen molar-refractivity contribution in [2.75, 3.05) is 11.9 Å². The Labute approximate surface area is 165 Å². The smallest absolute Gasteiger partial charge is 0.407 e. The van der Waals surface area contributed by atoms with Gasteiger partial charge in [-0.3, -0.25) is 4.79 Å². The van der Waals surface area contributed by atoms with Crippen molar-refractivity contribution in [2.24, 2.45) is 0 Å². The van der Waals surface area contributed by atoms with Gasteiger partial charge in [-0.1, -0.05) is 0 Å². The summed E-state index contributed by atoms with van der Waals surface area (Å²) in [5.74, 6) is -4.12. The van der Waals surface area contributed by atoms with Gasteiger partial charge in [0.2, 0.25) is 5.82 Å². The molecule has 1 heterocycles. The van der Waals surface area contributed by atoms with Gasteiger partial charge < -0.3 is 34.8 Å². The third-order valence-corrected chi connectivity index (χ3v) is 3.27. The fourth-order valence-corrected chi connectivity index (χ4v) is 2.05. The van der Waals surface area contributed by atoms with Crippen LogP contribution < -0.4 is 15.4 Å². The zero-order valence-electron chi connectivity index (χ0n) is 16.3. The fourth-order valence-electron chi connectivity index (χ4n) is 2.05. The highest BCUT2D eigenvalue weighted by Gasteiger charge is 2.25. The first-order chi connectivity index (χ1) is 13.5. The van der Waals surface area contributed by atoms with Crippen LogP contribution >= 0.6 is 0 Å². The zero-order chi connectivity index (χ0) is 21.8. The number of aromatic nitrogens is 1. The minimum Gasteiger partial charge on any atom is -0.508 e. The van der Waals surface area contributed by atoms with Crippen molar-refractivity contribution in [1.82, 2.24) is 10.5 Å². The van der Waals surface area contributed by atoms with Crippen LogP contribution in [-0.4, -0.2) is 45.6 Å². The Morgan fingerprint density at radius 2 is 2.00 bits per heavy atom. The number of aromatic hydroxyl groups is 2. The summed E-state index contributed by atoms with van der Waals surface area (Å²) in [6.45, 7) is 6.56. The highest BCUT2D eigenvalue weighted by molar-refractivity contribution is 6.03. The molecule has 2 aromatic rings. The summed E-state index contributed by atoms with van der Waals surface area (Å²) in [5.41, 5.74) is -0.821. The first-order valence-electron chi connectivity index (χ1n) is 8.57. The molecule has 1 aromatic carbocycles. The Bertz CT molecular complexity index is 892. The van der Waals surface area contributed by atoms with Crippen LogP contribution in [-0.2, 0) is 4.74 Å². The predicted octanol–water partition coefficient (Wildman–Crippen LogP) is 2.77. The number of nitrogens with zero attached hydrogens (tertiary/aromatic N) is 1. The van der Waals surface area contributed by atoms with Crippen molar-refractivity contribution in [3.63, 3.8) is 0 Å². The number of nitrogens with one attached hydrogen (secondary N) is 2. The maximum Gasteiger partial charge on any atom is 0.407 e. The molecule has 29 heavy (non-hydrogen) atoms. The largest absolute Gasteiger partial charge is 0.508 e. The molecule has 1 aromatic heterocycles. The minimum atomic E-state index is -1.16. The molecule has 158 valence electrons. The van der Waals surface area contributed by atoms with Gasteiger partial charge in [-0.15, -0.1) is 0 Å². The number of carbonyl (C=O) groups excluding carboxylic acids is 2. The van der Waals surface area contributed by atoms with E-state index in [1.54, 1.807) is 27.7 Å². The van der Waals surface area contributed by atoms with Crippen LogP contribution in [0.15, 0.2) is 22.7 Å². The van der Waals surface area contributed by atoms with Crippen LogP contribution in [0.2, 0.25) is 0 Å². The molecule has 0 fully saturated rings. The molecule has 1 atom stereocenters. The van der Waals surface area contributed by atoms with Crippen molar-refractivity contribution < 1.29 is 38.2 Å². The number of anilines is 1. The molecule has 2 rings (SSSR count). The number of hydrogen-bond donors (Lipinski definition) is 4. The second-order valence-corrected chi connectivity index (χ2v) is 7.14. The monoisotopic (exact) mass is 411 g/mol. The molecule has 0 radical (unpaired) electrons. The summed E-state index contributed by atoms with van der Waals surface area (Å²) in [6, 6.07) is 2.87. The van der Waals surface area contributed by atoms with Crippen molar-refractivity contribution in [3.05, 3.63) is 29.8 Å². The number of carbonyl (C=O) groups is 2. The number of amides is 2. The quantitative estimate of drug-likeness (QED) is 0.420. The average Bonchev–Trinajstić information content (AvgIpc) is 2.95. The molecule has 0 aliphatic carbocycles. The zero-order valence-corrected chi connectivity index (χ0v) is 16.3. The number of benzene rings is 1. The van der Waals surface area contributed by atoms with E-state index in [-0.39, 0.29) is 23.8 Å². The van der Waals surface area contributed by atoms with Gasteiger partial charge >= 0.3 is 6.09 Å². The third kappa shape index (κ3) is 6.26. The SMILES string of the molecule is C[C@@H](COc1noc(C(=O)Nc2cc(O)ccc2O)c1F)NC(=O)OC(C)(C)C. The van der Waals surface area contributed by atoms with Gasteiger partial charge in [-0.25, -0.2) is 4.79 Å². The lowest BCUT2D eigenvalue weighted by atomic mass is 10.2. The summed E-state index contributed by atoms with van der Waals surface area (Å²) >= 11 is 0. The number of ether oxygens (including phenoxy) is 2. The number of phenols is 2. The Morgan fingerprint density at radius 3 is 2.66 bits per heavy atom. The maximum absolute atomic E-state index is 14.3. The summed E-state index contributed by atoms with van der Waals surface area (Å²) in [5, 5.41) is 27.1. The molecule has 0 aliphatic heterocycles. The Balaban J connectivity index is 1.95. The van der Waals surface area contributed by atoms with E-state index in [2.05, 4.69) is 20.3 Å². The topological polar surface area (TPSA) is 143 Å². The highest BCUT2D eigenvalue weighted by Crippen LogP contribution is 2.28. The number of alkyl carbamates (subject to hydrolysis) is 1. The summed E-state index contributed by atoms with van der Waals surface area (Å²) in [4.78, 5) is 23.8. The molecule has 11 heteroatoms. The van der Waals surface area contributed by atoms with Crippen molar-refractivity contribution in [3.8, 4) is 17.4 Å². The molecule has 0 saturated heterocycles. The van der Waals surface area contributed by atoms with Gasteiger partial charge in [0.1, 0.15) is 23.7 Å². The van der Waals surface area contributed by atoms with Gasteiger partial charge in [0.15, 0.2) is 0 Å². The van der Waals surface area contributed by atoms with Crippen molar-refractivity contribution in [1.29, 1.82) is 0 Å². The van der Waals surface area contributed by atoms with Crippen LogP contribution in [0, 0.1) is 5.82 Å². The number of phenolic OH excluding ortho intramolecular Hbond substituents is 2. The summed E-state index contributed by atoms with van der Waals surface area (Å²) < 4.78 is 29.2. The third-order valence-electron chi connectivity index (χ3n) is 3.27. The first-order valence-corrected chi connectivity index (χ1v) is 8.57. The van der Waals surface area contributed by atoms with E-state index >= 15 is 0 Å². The molecule has 2 amide bonds. The molecule has 10 nitrogen and oxygen atoms in total. The molecule has 0 saturated carbocycles. The second kappa shape index (κ2) is 8.67. The Hall–Kier alpha value is -3.50. The molecule has 0 aliphatic rings. The number of rotatable bonds is 6. The average molecular weight is 411 g/mol. The molecular weight excluding hydrogens is 389 g/mol. The van der Waals surface area contributed by atoms with Crippen LogP contribution in [0.1, 0.15) is 38.2 Å². The lowest BCUT2D eigenvalue weighted by molar-refractivity contribution is 0.0492. The molecule has 0 bridgehead atoms. The van der Waals surface area contributed by atoms with Crippen LogP contribution in [0.5, 0.6) is 17.4 Å². The van der Waals surface area contributed by atoms with Gasteiger partial charge in [0, 0.05) is 6.07 Å². The standard InChI is InChI=1S/C18H22FN3O7/c1-9(20-17(26)28-18(2,3)4)8-27-16-13(19)14(29-22-16)15(25)21-11-7-10(23)5-6-12(11)24/h5-7,9,23-24H,8H2,1-4H3,(H,20,26)(H,21,25)/t9-/m0/s1. The van der Waals surface area contributed by atoms with Crippen molar-refractivity contribution in [2.45, 2.75) is 39.3 Å². The van der Waals surface area contributed by atoms with Gasteiger partial charge in [0.05, 0.1) is 11.7 Å². The minimum absolute atomic E-state index is 0.150. The summed E-state index contributed by atoms with van der Waals surface area (Å²) in [6.07, 6.45) is -0.666. The Kier molecular flexibility index (Phi) is 6.52. The molecule has 4 N–H and O–H groups in total. The second-order valence-electron chi connectivity index (χ2n) is 7.14. The van der Waals surface area contributed by atoms with E-state index in [4.69, 9.17) is 9.47 Å². The van der Waals surface area contributed by atoms with Crippen molar-refractivity contribution >= 4 is 17.7 Å². The van der Waals surface area contributed by atoms with E-state index in [9.17, 15) is 24.2 Å².